The van der Waals surface area contributed by atoms with E-state index in [0.717, 1.165) is 16.2 Å². The smallest absolute Gasteiger partial charge is 0.332 e. The molecule has 0 fully saturated rings. The van der Waals surface area contributed by atoms with Crippen molar-refractivity contribution in [2.45, 2.75) is 19.1 Å². The Morgan fingerprint density at radius 1 is 1.44 bits per heavy atom. The number of carbonyl (C=O) groups is 1. The first-order valence-corrected chi connectivity index (χ1v) is 6.20. The number of fused-ring (bicyclic) bond motifs is 1. The van der Waals surface area contributed by atoms with Crippen LogP contribution in [0.5, 0.6) is 0 Å². The third-order valence-electron chi connectivity index (χ3n) is 2.67. The molecule has 2 aromatic rings. The SMILES string of the molecule is COC(=O)[C@H]([C@H](C)O)n1sc2ccccc2c1=O. The van der Waals surface area contributed by atoms with E-state index in [1.54, 1.807) is 18.2 Å². The fraction of sp³-hybridized carbons (Fsp3) is 0.333. The summed E-state index contributed by atoms with van der Waals surface area (Å²) in [4.78, 5) is 23.8. The number of hydrogen-bond donors (Lipinski definition) is 1. The number of hydrogen-bond acceptors (Lipinski definition) is 5. The maximum absolute atomic E-state index is 12.1. The number of aliphatic hydroxyl groups is 1. The topological polar surface area (TPSA) is 68.5 Å². The van der Waals surface area contributed by atoms with Gasteiger partial charge in [0.05, 0.1) is 23.3 Å². The number of rotatable bonds is 3. The Balaban J connectivity index is 2.61. The highest BCUT2D eigenvalue weighted by molar-refractivity contribution is 7.14. The Kier molecular flexibility index (Phi) is 3.49. The fourth-order valence-electron chi connectivity index (χ4n) is 1.78. The molecule has 0 amide bonds. The summed E-state index contributed by atoms with van der Waals surface area (Å²) >= 11 is 1.15. The fourth-order valence-corrected chi connectivity index (χ4v) is 2.94. The van der Waals surface area contributed by atoms with Crippen molar-refractivity contribution < 1.29 is 14.6 Å². The normalized spacial score (nSPS) is 14.4. The van der Waals surface area contributed by atoms with Crippen LogP contribution in [0.15, 0.2) is 29.1 Å². The average molecular weight is 267 g/mol. The molecule has 2 atom stereocenters. The summed E-state index contributed by atoms with van der Waals surface area (Å²) < 4.78 is 6.67. The highest BCUT2D eigenvalue weighted by atomic mass is 32.1. The van der Waals surface area contributed by atoms with Gasteiger partial charge in [0, 0.05) is 0 Å². The van der Waals surface area contributed by atoms with Gasteiger partial charge in [-0.15, -0.1) is 0 Å². The van der Waals surface area contributed by atoms with Crippen LogP contribution >= 0.6 is 11.5 Å². The van der Waals surface area contributed by atoms with Crippen molar-refractivity contribution in [1.82, 2.24) is 3.96 Å². The number of aliphatic hydroxyl groups excluding tert-OH is 1. The molecule has 1 aromatic heterocycles. The van der Waals surface area contributed by atoms with Crippen LogP contribution in [-0.4, -0.2) is 28.2 Å². The van der Waals surface area contributed by atoms with Gasteiger partial charge in [-0.05, 0) is 19.1 Å². The quantitative estimate of drug-likeness (QED) is 0.847. The molecule has 0 aliphatic rings. The van der Waals surface area contributed by atoms with Crippen molar-refractivity contribution in [3.63, 3.8) is 0 Å². The Hall–Kier alpha value is -1.66. The third kappa shape index (κ3) is 2.04. The number of esters is 1. The van der Waals surface area contributed by atoms with Crippen molar-refractivity contribution in [1.29, 1.82) is 0 Å². The average Bonchev–Trinajstić information content (AvgIpc) is 2.67. The first kappa shape index (κ1) is 12.8. The van der Waals surface area contributed by atoms with E-state index in [2.05, 4.69) is 4.74 Å². The zero-order valence-corrected chi connectivity index (χ0v) is 10.8. The molecule has 0 aliphatic heterocycles. The van der Waals surface area contributed by atoms with E-state index in [0.29, 0.717) is 5.39 Å². The predicted molar refractivity (Wildman–Crippen MR) is 68.8 cm³/mol. The molecule has 0 bridgehead atoms. The molecule has 0 aliphatic carbocycles. The van der Waals surface area contributed by atoms with E-state index in [1.165, 1.54) is 18.0 Å². The van der Waals surface area contributed by atoms with Crippen molar-refractivity contribution >= 4 is 27.6 Å². The lowest BCUT2D eigenvalue weighted by molar-refractivity contribution is -0.147. The van der Waals surface area contributed by atoms with E-state index < -0.39 is 18.1 Å². The minimum atomic E-state index is -1.00. The Bertz CT molecular complexity index is 628. The van der Waals surface area contributed by atoms with Crippen LogP contribution in [-0.2, 0) is 9.53 Å². The highest BCUT2D eigenvalue weighted by Gasteiger charge is 2.29. The largest absolute Gasteiger partial charge is 0.467 e. The highest BCUT2D eigenvalue weighted by Crippen LogP contribution is 2.22. The predicted octanol–water partition coefficient (Wildman–Crippen LogP) is 1.16. The Labute approximate surface area is 107 Å². The molecule has 6 heteroatoms. The van der Waals surface area contributed by atoms with Gasteiger partial charge in [-0.3, -0.25) is 4.79 Å². The minimum Gasteiger partial charge on any atom is -0.467 e. The Morgan fingerprint density at radius 3 is 2.67 bits per heavy atom. The van der Waals surface area contributed by atoms with Gasteiger partial charge in [-0.25, -0.2) is 8.75 Å². The summed E-state index contributed by atoms with van der Waals surface area (Å²) in [5.74, 6) is -0.626. The second-order valence-electron chi connectivity index (χ2n) is 3.93. The number of carbonyl (C=O) groups excluding carboxylic acids is 1. The molecule has 2 rings (SSSR count). The monoisotopic (exact) mass is 267 g/mol. The van der Waals surface area contributed by atoms with Gasteiger partial charge in [0.1, 0.15) is 0 Å². The van der Waals surface area contributed by atoms with Crippen LogP contribution in [0.1, 0.15) is 13.0 Å². The maximum Gasteiger partial charge on any atom is 0.332 e. The minimum absolute atomic E-state index is 0.285. The van der Waals surface area contributed by atoms with Crippen LogP contribution in [0.2, 0.25) is 0 Å². The second kappa shape index (κ2) is 4.91. The van der Waals surface area contributed by atoms with Gasteiger partial charge in [0.25, 0.3) is 5.56 Å². The summed E-state index contributed by atoms with van der Waals surface area (Å²) in [7, 11) is 1.23. The van der Waals surface area contributed by atoms with Crippen molar-refractivity contribution in [2.24, 2.45) is 0 Å². The van der Waals surface area contributed by atoms with E-state index in [-0.39, 0.29) is 5.56 Å². The van der Waals surface area contributed by atoms with Gasteiger partial charge in [-0.1, -0.05) is 23.7 Å². The van der Waals surface area contributed by atoms with E-state index in [1.807, 2.05) is 6.07 Å². The maximum atomic E-state index is 12.1. The summed E-state index contributed by atoms with van der Waals surface area (Å²) in [5.41, 5.74) is -0.285. The summed E-state index contributed by atoms with van der Waals surface area (Å²) in [6.07, 6.45) is -0.997. The molecule has 1 aromatic carbocycles. The summed E-state index contributed by atoms with van der Waals surface area (Å²) in [6, 6.07) is 6.07. The number of aromatic nitrogens is 1. The molecule has 0 saturated heterocycles. The first-order chi connectivity index (χ1) is 8.56. The van der Waals surface area contributed by atoms with Crippen LogP contribution in [0, 0.1) is 0 Å². The van der Waals surface area contributed by atoms with Crippen molar-refractivity contribution in [3.05, 3.63) is 34.6 Å². The molecular formula is C12H13NO4S. The van der Waals surface area contributed by atoms with Crippen molar-refractivity contribution in [3.8, 4) is 0 Å². The van der Waals surface area contributed by atoms with Gasteiger partial charge < -0.3 is 9.84 Å². The van der Waals surface area contributed by atoms with Crippen LogP contribution < -0.4 is 5.56 Å². The zero-order valence-electron chi connectivity index (χ0n) is 9.99. The molecule has 1 N–H and O–H groups in total. The molecule has 5 nitrogen and oxygen atoms in total. The summed E-state index contributed by atoms with van der Waals surface area (Å²) in [5, 5.41) is 10.2. The lowest BCUT2D eigenvalue weighted by Crippen LogP contribution is -2.34. The lowest BCUT2D eigenvalue weighted by atomic mass is 10.2. The molecule has 96 valence electrons. The van der Waals surface area contributed by atoms with Gasteiger partial charge in [-0.2, -0.15) is 0 Å². The number of benzene rings is 1. The van der Waals surface area contributed by atoms with E-state index in [4.69, 9.17) is 0 Å². The van der Waals surface area contributed by atoms with E-state index >= 15 is 0 Å². The van der Waals surface area contributed by atoms with Gasteiger partial charge in [0.2, 0.25) is 0 Å². The van der Waals surface area contributed by atoms with Gasteiger partial charge >= 0.3 is 5.97 Å². The van der Waals surface area contributed by atoms with Crippen LogP contribution in [0.4, 0.5) is 0 Å². The number of methoxy groups -OCH3 is 1. The number of nitrogens with zero attached hydrogens (tertiary/aromatic N) is 1. The molecule has 1 heterocycles. The zero-order chi connectivity index (χ0) is 13.3. The van der Waals surface area contributed by atoms with E-state index in [9.17, 15) is 14.7 Å². The number of ether oxygens (including phenoxy) is 1. The standard InChI is InChI=1S/C12H13NO4S/c1-7(14)10(12(16)17-2)13-11(15)8-5-3-4-6-9(8)18-13/h3-7,10,14H,1-2H3/t7-,10-/m0/s1. The van der Waals surface area contributed by atoms with Gasteiger partial charge in [0.15, 0.2) is 6.04 Å². The molecule has 0 radical (unpaired) electrons. The van der Waals surface area contributed by atoms with Crippen LogP contribution in [0.25, 0.3) is 10.1 Å². The Morgan fingerprint density at radius 2 is 2.11 bits per heavy atom. The first-order valence-electron chi connectivity index (χ1n) is 5.42. The lowest BCUT2D eigenvalue weighted by Gasteiger charge is -2.17. The second-order valence-corrected chi connectivity index (χ2v) is 4.94. The third-order valence-corrected chi connectivity index (χ3v) is 3.81. The molecule has 18 heavy (non-hydrogen) atoms. The summed E-state index contributed by atoms with van der Waals surface area (Å²) in [6.45, 7) is 1.46. The molecule has 0 spiro atoms. The molecular weight excluding hydrogens is 254 g/mol. The van der Waals surface area contributed by atoms with Crippen molar-refractivity contribution in [2.75, 3.05) is 7.11 Å². The molecule has 0 saturated carbocycles. The molecule has 0 unspecified atom stereocenters. The van der Waals surface area contributed by atoms with Crippen LogP contribution in [0.3, 0.4) is 0 Å².